The van der Waals surface area contributed by atoms with Gasteiger partial charge in [0, 0.05) is 73.5 Å². The van der Waals surface area contributed by atoms with Gasteiger partial charge in [-0.05, 0) is 61.1 Å². The standard InChI is InChI=1S/C65H86F2N10O17S/c1-42(71-60(84)43(2)72-64(89)94-39-45-15-10-7-11-16-45)61(85)74-50(35-53(68)78)62(86)70-22-12-24-76(59(65(3,4)5)52-33-46(48-34-47(66)17-18-49(48)67)37-75(52)36-44-13-8-6-9-14-44)58(83)41-95-40-51(63(87)88)73-54(79)21-25-90-27-29-92-31-32-93-30-28-91-26-23-69-55(80)38-77-56(81)19-20-57(77)82/h6-11,13-20,33-34,37,42-43,50-51,54,59,73,79H,12,21-32,35-36,38-41H2,1-5H3,(H2,68,78)(H,69,80)(H,70,86)(H,71,84)(H,72,89)(H,74,85)(H,87,88)/t42-,43+,50+,51+,54?,59+/m1/s1. The molecule has 1 aromatic heterocycles. The highest BCUT2D eigenvalue weighted by Gasteiger charge is 2.38. The molecule has 4 aromatic rings. The lowest BCUT2D eigenvalue weighted by molar-refractivity contribution is -0.141. The molecule has 0 radical (unpaired) electrons. The van der Waals surface area contributed by atoms with Crippen LogP contribution in [0.25, 0.3) is 11.1 Å². The van der Waals surface area contributed by atoms with Gasteiger partial charge in [-0.3, -0.25) is 53.4 Å². The molecule has 1 aliphatic heterocycles. The number of benzene rings is 3. The molecule has 0 bridgehead atoms. The van der Waals surface area contributed by atoms with E-state index in [1.165, 1.54) is 13.8 Å². The quantitative estimate of drug-likeness (QED) is 0.0175. The summed E-state index contributed by atoms with van der Waals surface area (Å²) >= 11 is 0.981. The van der Waals surface area contributed by atoms with E-state index >= 15 is 4.39 Å². The van der Waals surface area contributed by atoms with Gasteiger partial charge in [0.1, 0.15) is 55.2 Å². The number of nitrogens with one attached hydrogen (secondary N) is 6. The van der Waals surface area contributed by atoms with E-state index in [1.54, 1.807) is 47.5 Å². The molecule has 9 amide bonds. The minimum Gasteiger partial charge on any atom is -0.480 e. The number of halogens is 2. The fourth-order valence-corrected chi connectivity index (χ4v) is 10.5. The monoisotopic (exact) mass is 1350 g/mol. The van der Waals surface area contributed by atoms with Crippen LogP contribution in [0.2, 0.25) is 0 Å². The van der Waals surface area contributed by atoms with Crippen LogP contribution in [-0.2, 0) is 80.0 Å². The largest absolute Gasteiger partial charge is 0.480 e. The fraction of sp³-hybridized carbons (Fsp3) is 0.477. The van der Waals surface area contributed by atoms with E-state index in [1.807, 2.05) is 55.7 Å². The second-order valence-electron chi connectivity index (χ2n) is 23.1. The van der Waals surface area contributed by atoms with Gasteiger partial charge in [-0.25, -0.2) is 13.6 Å². The SMILES string of the molecule is C[C@H](NC(=O)OCc1ccccc1)C(=O)N[C@H](C)C(=O)N[C@@H](CC(N)=O)C(=O)NCCCN(C(=O)CSC[C@H](NC(O)CCOCCOCCOCCOCCNC(=O)CN1C(=O)C=CC1=O)C(=O)O)[C@@H](c1cc(-c2cc(F)ccc2F)cn1Cc1ccccc1)C(C)(C)C. The van der Waals surface area contributed by atoms with Crippen LogP contribution in [0, 0.1) is 17.0 Å². The second kappa shape index (κ2) is 39.9. The summed E-state index contributed by atoms with van der Waals surface area (Å²) in [6, 6.07) is 16.8. The summed E-state index contributed by atoms with van der Waals surface area (Å²) in [5.74, 6) is -8.59. The number of nitrogens with two attached hydrogens (primary N) is 1. The van der Waals surface area contributed by atoms with Crippen molar-refractivity contribution in [2.45, 2.75) is 103 Å². The average molecular weight is 1350 g/mol. The number of carboxylic acids is 1. The Labute approximate surface area is 553 Å². The molecule has 95 heavy (non-hydrogen) atoms. The highest BCUT2D eigenvalue weighted by molar-refractivity contribution is 8.00. The molecule has 1 aliphatic rings. The number of aliphatic hydroxyl groups is 1. The lowest BCUT2D eigenvalue weighted by Gasteiger charge is -2.41. The Balaban J connectivity index is 1.16. The van der Waals surface area contributed by atoms with Crippen molar-refractivity contribution >= 4 is 71.1 Å². The van der Waals surface area contributed by atoms with Crippen molar-refractivity contribution in [1.29, 1.82) is 0 Å². The van der Waals surface area contributed by atoms with Gasteiger partial charge in [-0.1, -0.05) is 81.4 Å². The van der Waals surface area contributed by atoms with Crippen molar-refractivity contribution in [3.63, 3.8) is 0 Å². The molecule has 3 aromatic carbocycles. The first-order chi connectivity index (χ1) is 45.3. The molecule has 0 fully saturated rings. The van der Waals surface area contributed by atoms with Crippen LogP contribution in [0.5, 0.6) is 0 Å². The molecule has 27 nitrogen and oxygen atoms in total. The minimum absolute atomic E-state index is 0.00154. The number of amides is 9. The van der Waals surface area contributed by atoms with Crippen molar-refractivity contribution in [3.8, 4) is 11.1 Å². The maximum Gasteiger partial charge on any atom is 0.408 e. The summed E-state index contributed by atoms with van der Waals surface area (Å²) in [6.45, 7) is 9.71. The summed E-state index contributed by atoms with van der Waals surface area (Å²) in [6.07, 6.45) is 1.09. The first kappa shape index (κ1) is 77.1. The minimum atomic E-state index is -1.51. The summed E-state index contributed by atoms with van der Waals surface area (Å²) in [4.78, 5) is 130. The Kier molecular flexibility index (Phi) is 32.4. The fourth-order valence-electron chi connectivity index (χ4n) is 9.57. The van der Waals surface area contributed by atoms with E-state index in [4.69, 9.17) is 29.4 Å². The number of rotatable bonds is 43. The van der Waals surface area contributed by atoms with Crippen LogP contribution >= 0.6 is 11.8 Å². The molecular formula is C65H86F2N10O17S. The molecule has 6 atom stereocenters. The lowest BCUT2D eigenvalue weighted by atomic mass is 9.83. The van der Waals surface area contributed by atoms with E-state index in [2.05, 4.69) is 31.9 Å². The first-order valence-corrected chi connectivity index (χ1v) is 31.9. The molecule has 0 spiro atoms. The van der Waals surface area contributed by atoms with Crippen LogP contribution in [0.1, 0.15) is 76.7 Å². The zero-order chi connectivity index (χ0) is 69.5. The number of ether oxygens (including phenoxy) is 5. The van der Waals surface area contributed by atoms with E-state index < -0.39 is 119 Å². The van der Waals surface area contributed by atoms with Gasteiger partial charge in [0.2, 0.25) is 35.4 Å². The third kappa shape index (κ3) is 27.3. The molecule has 0 aliphatic carbocycles. The third-order valence-corrected chi connectivity index (χ3v) is 15.3. The molecule has 0 saturated heterocycles. The van der Waals surface area contributed by atoms with Crippen molar-refractivity contribution in [2.75, 3.05) is 90.5 Å². The highest BCUT2D eigenvalue weighted by atomic mass is 32.2. The number of hydrogen-bond acceptors (Lipinski definition) is 18. The van der Waals surface area contributed by atoms with Gasteiger partial charge >= 0.3 is 12.1 Å². The Morgan fingerprint density at radius 3 is 1.91 bits per heavy atom. The van der Waals surface area contributed by atoms with E-state index in [0.717, 1.165) is 52.6 Å². The average Bonchev–Trinajstić information content (AvgIpc) is 1.66. The predicted octanol–water partition coefficient (Wildman–Crippen LogP) is 2.68. The van der Waals surface area contributed by atoms with Crippen molar-refractivity contribution in [1.82, 2.24) is 46.3 Å². The number of nitrogens with zero attached hydrogens (tertiary/aromatic N) is 3. The van der Waals surface area contributed by atoms with Gasteiger partial charge in [0.15, 0.2) is 0 Å². The first-order valence-electron chi connectivity index (χ1n) is 30.8. The summed E-state index contributed by atoms with van der Waals surface area (Å²) < 4.78 is 59.3. The molecule has 0 saturated carbocycles. The van der Waals surface area contributed by atoms with E-state index in [-0.39, 0.29) is 122 Å². The number of alkyl carbamates (subject to hydrolysis) is 1. The number of aromatic nitrogens is 1. The van der Waals surface area contributed by atoms with E-state index in [0.29, 0.717) is 16.8 Å². The van der Waals surface area contributed by atoms with Gasteiger partial charge in [-0.2, -0.15) is 0 Å². The predicted molar refractivity (Wildman–Crippen MR) is 344 cm³/mol. The van der Waals surface area contributed by atoms with Crippen LogP contribution in [0.3, 0.4) is 0 Å². The maximum absolute atomic E-state index is 15.6. The number of carbonyl (C=O) groups is 10. The van der Waals surface area contributed by atoms with Crippen LogP contribution in [-0.4, -0.2) is 205 Å². The highest BCUT2D eigenvalue weighted by Crippen LogP contribution is 2.41. The Hall–Kier alpha value is -8.65. The van der Waals surface area contributed by atoms with Gasteiger partial charge in [0.05, 0.1) is 71.1 Å². The number of carbonyl (C=O) groups excluding carboxylic acids is 9. The van der Waals surface area contributed by atoms with Gasteiger partial charge in [-0.15, -0.1) is 11.8 Å². The molecule has 5 rings (SSSR count). The van der Waals surface area contributed by atoms with Crippen molar-refractivity contribution in [3.05, 3.63) is 132 Å². The van der Waals surface area contributed by atoms with Crippen LogP contribution in [0.15, 0.2) is 103 Å². The van der Waals surface area contributed by atoms with Gasteiger partial charge < -0.3 is 75.7 Å². The summed E-state index contributed by atoms with van der Waals surface area (Å²) in [5.41, 5.74) is 7.09. The normalized spacial score (nSPS) is 14.0. The summed E-state index contributed by atoms with van der Waals surface area (Å²) in [7, 11) is 0. The topological polar surface area (TPSA) is 367 Å². The van der Waals surface area contributed by atoms with Gasteiger partial charge in [0.25, 0.3) is 11.8 Å². The van der Waals surface area contributed by atoms with Crippen molar-refractivity contribution < 1.29 is 90.6 Å². The lowest BCUT2D eigenvalue weighted by Crippen LogP contribution is -2.56. The molecule has 1 unspecified atom stereocenters. The number of imide groups is 1. The number of hydrogen-bond donors (Lipinski definition) is 9. The smallest absolute Gasteiger partial charge is 0.408 e. The second-order valence-corrected chi connectivity index (χ2v) is 24.1. The zero-order valence-corrected chi connectivity index (χ0v) is 54.6. The summed E-state index contributed by atoms with van der Waals surface area (Å²) in [5, 5.41) is 36.2. The Morgan fingerprint density at radius 2 is 1.29 bits per heavy atom. The zero-order valence-electron chi connectivity index (χ0n) is 53.8. The van der Waals surface area contributed by atoms with Crippen LogP contribution < -0.4 is 37.6 Å². The Bertz CT molecular complexity index is 3210. The number of aliphatic carboxylic acids is 1. The number of carboxylic acid groups (broad SMARTS) is 1. The number of aliphatic hydroxyl groups excluding tert-OH is 1. The molecule has 518 valence electrons. The Morgan fingerprint density at radius 1 is 0.705 bits per heavy atom. The maximum atomic E-state index is 15.6. The molecular weight excluding hydrogens is 1260 g/mol. The number of thioether (sulfide) groups is 1. The molecule has 2 heterocycles. The molecule has 10 N–H and O–H groups in total. The third-order valence-electron chi connectivity index (χ3n) is 14.3. The number of primary amides is 1. The van der Waals surface area contributed by atoms with Crippen molar-refractivity contribution in [2.24, 2.45) is 11.1 Å². The van der Waals surface area contributed by atoms with Crippen LogP contribution in [0.4, 0.5) is 13.6 Å². The molecule has 30 heteroatoms. The van der Waals surface area contributed by atoms with E-state index in [9.17, 15) is 62.5 Å².